The molecule has 60 valence electrons. The Morgan fingerprint density at radius 1 is 1.73 bits per heavy atom. The van der Waals surface area contributed by atoms with Crippen molar-refractivity contribution in [2.24, 2.45) is 0 Å². The quantitative estimate of drug-likeness (QED) is 0.681. The topological polar surface area (TPSA) is 27.1 Å². The fourth-order valence-corrected chi connectivity index (χ4v) is 1.35. The summed E-state index contributed by atoms with van der Waals surface area (Å²) >= 11 is 5.93. The Kier molecular flexibility index (Phi) is 1.53. The van der Waals surface area contributed by atoms with Crippen LogP contribution in [0.15, 0.2) is 6.20 Å². The lowest BCUT2D eigenvalue weighted by molar-refractivity contribution is 0.414. The summed E-state index contributed by atoms with van der Waals surface area (Å²) in [5, 5.41) is 4.73. The molecule has 0 N–H and O–H groups in total. The van der Waals surface area contributed by atoms with Gasteiger partial charge in [-0.3, -0.25) is 0 Å². The fourth-order valence-electron chi connectivity index (χ4n) is 1.04. The molecule has 0 spiro atoms. The molecule has 0 atom stereocenters. The van der Waals surface area contributed by atoms with Crippen molar-refractivity contribution in [1.82, 2.24) is 9.78 Å². The second kappa shape index (κ2) is 2.41. The van der Waals surface area contributed by atoms with Crippen molar-refractivity contribution in [2.45, 2.75) is 18.9 Å². The SMILES string of the molecule is COc1cnn(C2CC2)c1Cl. The largest absolute Gasteiger partial charge is 0.492 e. The maximum Gasteiger partial charge on any atom is 0.175 e. The van der Waals surface area contributed by atoms with Crippen LogP contribution in [0.5, 0.6) is 5.75 Å². The monoisotopic (exact) mass is 172 g/mol. The van der Waals surface area contributed by atoms with Gasteiger partial charge < -0.3 is 4.74 Å². The van der Waals surface area contributed by atoms with Crippen LogP contribution in [-0.4, -0.2) is 16.9 Å². The highest BCUT2D eigenvalue weighted by molar-refractivity contribution is 6.31. The second-order valence-electron chi connectivity index (χ2n) is 2.68. The number of hydrogen-bond donors (Lipinski definition) is 0. The van der Waals surface area contributed by atoms with Gasteiger partial charge in [0.1, 0.15) is 0 Å². The summed E-state index contributed by atoms with van der Waals surface area (Å²) < 4.78 is 6.81. The Balaban J connectivity index is 2.33. The number of nitrogens with zero attached hydrogens (tertiary/aromatic N) is 2. The van der Waals surface area contributed by atoms with Crippen LogP contribution in [0.3, 0.4) is 0 Å². The predicted octanol–water partition coefficient (Wildman–Crippen LogP) is 1.88. The zero-order valence-electron chi connectivity index (χ0n) is 6.25. The van der Waals surface area contributed by atoms with Gasteiger partial charge in [0.25, 0.3) is 0 Å². The van der Waals surface area contributed by atoms with Crippen molar-refractivity contribution >= 4 is 11.6 Å². The third-order valence-electron chi connectivity index (χ3n) is 1.82. The van der Waals surface area contributed by atoms with Gasteiger partial charge in [0.2, 0.25) is 0 Å². The van der Waals surface area contributed by atoms with E-state index in [-0.39, 0.29) is 0 Å². The van der Waals surface area contributed by atoms with Gasteiger partial charge in [0.05, 0.1) is 19.3 Å². The minimum atomic E-state index is 0.520. The standard InChI is InChI=1S/C7H9ClN2O/c1-11-6-4-9-10(7(6)8)5-2-3-5/h4-5H,2-3H2,1H3. The van der Waals surface area contributed by atoms with E-state index in [0.29, 0.717) is 16.9 Å². The minimum absolute atomic E-state index is 0.520. The first-order chi connectivity index (χ1) is 5.33. The zero-order valence-corrected chi connectivity index (χ0v) is 7.01. The number of halogens is 1. The van der Waals surface area contributed by atoms with Crippen molar-refractivity contribution in [3.8, 4) is 5.75 Å². The van der Waals surface area contributed by atoms with Crippen molar-refractivity contribution in [3.05, 3.63) is 11.3 Å². The van der Waals surface area contributed by atoms with Gasteiger partial charge >= 0.3 is 0 Å². The van der Waals surface area contributed by atoms with Crippen molar-refractivity contribution < 1.29 is 4.74 Å². The summed E-state index contributed by atoms with van der Waals surface area (Å²) in [7, 11) is 1.60. The van der Waals surface area contributed by atoms with Gasteiger partial charge in [-0.15, -0.1) is 0 Å². The van der Waals surface area contributed by atoms with Crippen LogP contribution in [-0.2, 0) is 0 Å². The Morgan fingerprint density at radius 3 is 2.91 bits per heavy atom. The van der Waals surface area contributed by atoms with Gasteiger partial charge in [0.15, 0.2) is 10.9 Å². The van der Waals surface area contributed by atoms with Crippen molar-refractivity contribution in [1.29, 1.82) is 0 Å². The molecule has 1 aliphatic carbocycles. The average Bonchev–Trinajstić information content (AvgIpc) is 2.77. The summed E-state index contributed by atoms with van der Waals surface area (Å²) in [5.41, 5.74) is 0. The first-order valence-electron chi connectivity index (χ1n) is 3.60. The van der Waals surface area contributed by atoms with Crippen LogP contribution in [0.25, 0.3) is 0 Å². The molecule has 2 rings (SSSR count). The van der Waals surface area contributed by atoms with Crippen LogP contribution in [0.4, 0.5) is 0 Å². The summed E-state index contributed by atoms with van der Waals surface area (Å²) in [6.45, 7) is 0. The number of methoxy groups -OCH3 is 1. The van der Waals surface area contributed by atoms with E-state index in [4.69, 9.17) is 16.3 Å². The molecular weight excluding hydrogens is 164 g/mol. The zero-order chi connectivity index (χ0) is 7.84. The lowest BCUT2D eigenvalue weighted by Gasteiger charge is -1.98. The number of ether oxygens (including phenoxy) is 1. The molecule has 0 aliphatic heterocycles. The molecule has 0 amide bonds. The highest BCUT2D eigenvalue weighted by Gasteiger charge is 2.27. The first-order valence-corrected chi connectivity index (χ1v) is 3.97. The maximum atomic E-state index is 5.93. The summed E-state index contributed by atoms with van der Waals surface area (Å²) in [4.78, 5) is 0. The van der Waals surface area contributed by atoms with Gasteiger partial charge in [0, 0.05) is 0 Å². The van der Waals surface area contributed by atoms with Crippen LogP contribution in [0.1, 0.15) is 18.9 Å². The number of hydrogen-bond acceptors (Lipinski definition) is 2. The molecule has 1 heterocycles. The predicted molar refractivity (Wildman–Crippen MR) is 42.1 cm³/mol. The van der Waals surface area contributed by atoms with Crippen LogP contribution in [0, 0.1) is 0 Å². The van der Waals surface area contributed by atoms with E-state index in [0.717, 1.165) is 0 Å². The Hall–Kier alpha value is -0.700. The summed E-state index contributed by atoms with van der Waals surface area (Å²) in [6.07, 6.45) is 4.02. The van der Waals surface area contributed by atoms with E-state index in [1.807, 2.05) is 4.68 Å². The molecule has 11 heavy (non-hydrogen) atoms. The highest BCUT2D eigenvalue weighted by Crippen LogP contribution is 2.39. The van der Waals surface area contributed by atoms with E-state index >= 15 is 0 Å². The van der Waals surface area contributed by atoms with Crippen LogP contribution in [0.2, 0.25) is 5.15 Å². The normalized spacial score (nSPS) is 16.9. The van der Waals surface area contributed by atoms with Gasteiger partial charge in [-0.25, -0.2) is 4.68 Å². The molecule has 1 aromatic rings. The van der Waals surface area contributed by atoms with Crippen LogP contribution < -0.4 is 4.74 Å². The summed E-state index contributed by atoms with van der Waals surface area (Å²) in [5.74, 6) is 0.665. The van der Waals surface area contributed by atoms with Gasteiger partial charge in [-0.2, -0.15) is 5.10 Å². The van der Waals surface area contributed by atoms with E-state index in [1.54, 1.807) is 13.3 Å². The third-order valence-corrected chi connectivity index (χ3v) is 2.18. The molecule has 0 saturated heterocycles. The Bertz CT molecular complexity index is 267. The van der Waals surface area contributed by atoms with Crippen molar-refractivity contribution in [2.75, 3.05) is 7.11 Å². The smallest absolute Gasteiger partial charge is 0.175 e. The molecule has 0 radical (unpaired) electrons. The molecule has 3 nitrogen and oxygen atoms in total. The minimum Gasteiger partial charge on any atom is -0.492 e. The molecule has 0 aromatic carbocycles. The lowest BCUT2D eigenvalue weighted by Crippen LogP contribution is -1.95. The van der Waals surface area contributed by atoms with Crippen LogP contribution >= 0.6 is 11.6 Å². The number of rotatable bonds is 2. The lowest BCUT2D eigenvalue weighted by atomic mass is 10.6. The maximum absolute atomic E-state index is 5.93. The second-order valence-corrected chi connectivity index (χ2v) is 3.04. The molecule has 4 heteroatoms. The average molecular weight is 173 g/mol. The molecule has 1 aromatic heterocycles. The van der Waals surface area contributed by atoms with E-state index < -0.39 is 0 Å². The Labute approximate surface area is 69.9 Å². The van der Waals surface area contributed by atoms with E-state index in [2.05, 4.69) is 5.10 Å². The Morgan fingerprint density at radius 2 is 2.45 bits per heavy atom. The molecule has 1 saturated carbocycles. The van der Waals surface area contributed by atoms with E-state index in [9.17, 15) is 0 Å². The highest BCUT2D eigenvalue weighted by atomic mass is 35.5. The first kappa shape index (κ1) is 6.98. The van der Waals surface area contributed by atoms with Gasteiger partial charge in [-0.1, -0.05) is 11.6 Å². The van der Waals surface area contributed by atoms with E-state index in [1.165, 1.54) is 12.8 Å². The fraction of sp³-hybridized carbons (Fsp3) is 0.571. The molecule has 0 unspecified atom stereocenters. The molecule has 1 fully saturated rings. The molecule has 1 aliphatic rings. The van der Waals surface area contributed by atoms with Gasteiger partial charge in [-0.05, 0) is 12.8 Å². The molecular formula is C7H9ClN2O. The third kappa shape index (κ3) is 1.09. The number of aromatic nitrogens is 2. The summed E-state index contributed by atoms with van der Waals surface area (Å²) in [6, 6.07) is 0.520. The van der Waals surface area contributed by atoms with Crippen molar-refractivity contribution in [3.63, 3.8) is 0 Å². The molecule has 0 bridgehead atoms.